The molecule has 0 unspecified atom stereocenters. The average molecular weight is 767 g/mol. The lowest BCUT2D eigenvalue weighted by Crippen LogP contribution is -2.53. The molecular formula is C41H55ClN4O6S. The molecule has 2 saturated heterocycles. The minimum atomic E-state index is -3.97. The summed E-state index contributed by atoms with van der Waals surface area (Å²) in [7, 11) is -0.186. The molecule has 2 N–H and O–H groups in total. The van der Waals surface area contributed by atoms with Crippen LogP contribution >= 0.6 is 11.6 Å². The number of aryl methyl sites for hydroxylation is 1. The molecule has 4 aliphatic heterocycles. The fourth-order valence-corrected chi connectivity index (χ4v) is 11.3. The topological polar surface area (TPSA) is 117 Å². The number of carbonyl (C=O) groups excluding carboxylic acids is 2. The number of likely N-dealkylation sites (tertiary alicyclic amines) is 1. The lowest BCUT2D eigenvalue weighted by molar-refractivity contribution is -0.135. The van der Waals surface area contributed by atoms with Crippen LogP contribution in [0.1, 0.15) is 67.4 Å². The number of fused-ring (bicyclic) bond motifs is 5. The number of carbonyl (C=O) groups is 2. The van der Waals surface area contributed by atoms with E-state index in [4.69, 9.17) is 21.1 Å². The molecule has 2 aromatic rings. The van der Waals surface area contributed by atoms with Crippen molar-refractivity contribution in [3.63, 3.8) is 0 Å². The van der Waals surface area contributed by atoms with E-state index < -0.39 is 26.8 Å². The lowest BCUT2D eigenvalue weighted by Gasteiger charge is -2.48. The lowest BCUT2D eigenvalue weighted by atomic mass is 9.64. The van der Waals surface area contributed by atoms with Crippen molar-refractivity contribution < 1.29 is 27.5 Å². The van der Waals surface area contributed by atoms with Gasteiger partial charge in [-0.15, -0.1) is 0 Å². The third kappa shape index (κ3) is 7.53. The molecule has 10 nitrogen and oxygen atoms in total. The molecule has 4 heterocycles. The van der Waals surface area contributed by atoms with E-state index in [1.807, 2.05) is 25.1 Å². The van der Waals surface area contributed by atoms with Crippen LogP contribution in [-0.4, -0.2) is 96.4 Å². The van der Waals surface area contributed by atoms with Gasteiger partial charge in [-0.2, -0.15) is 0 Å². The van der Waals surface area contributed by atoms with Gasteiger partial charge >= 0.3 is 0 Å². The van der Waals surface area contributed by atoms with Gasteiger partial charge in [0.05, 0.1) is 17.5 Å². The van der Waals surface area contributed by atoms with E-state index in [-0.39, 0.29) is 28.7 Å². The van der Waals surface area contributed by atoms with Crippen LogP contribution in [0, 0.1) is 29.6 Å². The number of allylic oxidation sites excluding steroid dienone is 1. The van der Waals surface area contributed by atoms with Crippen LogP contribution in [0.25, 0.3) is 0 Å². The predicted molar refractivity (Wildman–Crippen MR) is 208 cm³/mol. The first-order valence-corrected chi connectivity index (χ1v) is 21.2. The van der Waals surface area contributed by atoms with Gasteiger partial charge in [-0.25, -0.2) is 13.1 Å². The van der Waals surface area contributed by atoms with Gasteiger partial charge in [-0.05, 0) is 137 Å². The number of nitrogens with zero attached hydrogens (tertiary/aromatic N) is 2. The van der Waals surface area contributed by atoms with Gasteiger partial charge in [0.2, 0.25) is 10.0 Å². The van der Waals surface area contributed by atoms with Crippen LogP contribution in [0.2, 0.25) is 5.02 Å². The summed E-state index contributed by atoms with van der Waals surface area (Å²) in [5.74, 6) is 1.73. The largest absolute Gasteiger partial charge is 0.490 e. The quantitative estimate of drug-likeness (QED) is 0.313. The maximum atomic E-state index is 13.4. The number of hydrogen-bond donors (Lipinski definition) is 2. The number of amides is 1. The fraction of sp³-hybridized carbons (Fsp3) is 0.610. The molecule has 1 spiro atoms. The van der Waals surface area contributed by atoms with Gasteiger partial charge < -0.3 is 24.6 Å². The normalized spacial score (nSPS) is 35.6. The molecule has 8 rings (SSSR count). The van der Waals surface area contributed by atoms with E-state index in [1.54, 1.807) is 32.2 Å². The van der Waals surface area contributed by atoms with Crippen molar-refractivity contribution in [2.75, 3.05) is 64.9 Å². The number of halogens is 1. The van der Waals surface area contributed by atoms with Crippen LogP contribution in [0.15, 0.2) is 48.6 Å². The molecule has 12 heteroatoms. The number of benzene rings is 2. The minimum Gasteiger partial charge on any atom is -0.490 e. The number of methoxy groups -OCH3 is 1. The molecule has 1 amide bonds. The molecule has 53 heavy (non-hydrogen) atoms. The van der Waals surface area contributed by atoms with Crippen LogP contribution in [-0.2, 0) is 31.4 Å². The highest BCUT2D eigenvalue weighted by atomic mass is 35.5. The van der Waals surface area contributed by atoms with Crippen molar-refractivity contribution in [3.8, 4) is 5.75 Å². The van der Waals surface area contributed by atoms with Gasteiger partial charge in [0.25, 0.3) is 5.91 Å². The molecule has 0 aromatic heterocycles. The number of ether oxygens (including phenoxy) is 2. The van der Waals surface area contributed by atoms with E-state index in [0.29, 0.717) is 36.9 Å². The van der Waals surface area contributed by atoms with Crippen molar-refractivity contribution in [3.05, 3.63) is 70.3 Å². The Bertz CT molecular complexity index is 1830. The van der Waals surface area contributed by atoms with Crippen LogP contribution in [0.4, 0.5) is 5.69 Å². The molecule has 2 bridgehead atoms. The van der Waals surface area contributed by atoms with E-state index in [0.717, 1.165) is 55.9 Å². The first-order chi connectivity index (χ1) is 25.4. The Hall–Kier alpha value is -2.96. The van der Waals surface area contributed by atoms with E-state index in [2.05, 4.69) is 39.0 Å². The number of rotatable bonds is 2. The Morgan fingerprint density at radius 3 is 2.51 bits per heavy atom. The zero-order chi connectivity index (χ0) is 37.5. The summed E-state index contributed by atoms with van der Waals surface area (Å²) in [6.07, 6.45) is 9.65. The van der Waals surface area contributed by atoms with Gasteiger partial charge in [0.15, 0.2) is 6.29 Å². The zero-order valence-electron chi connectivity index (χ0n) is 31.5. The molecule has 1 saturated carbocycles. The molecule has 288 valence electrons. The molecule has 0 radical (unpaired) electrons. The Labute approximate surface area is 320 Å². The first kappa shape index (κ1) is 38.3. The van der Waals surface area contributed by atoms with Crippen molar-refractivity contribution in [1.82, 2.24) is 14.9 Å². The summed E-state index contributed by atoms with van der Waals surface area (Å²) >= 11 is 6.40. The number of sulfonamides is 1. The van der Waals surface area contributed by atoms with Crippen molar-refractivity contribution in [2.24, 2.45) is 29.6 Å². The average Bonchev–Trinajstić information content (AvgIpc) is 3.67. The zero-order valence-corrected chi connectivity index (χ0v) is 33.1. The fourth-order valence-electron chi connectivity index (χ4n) is 9.77. The van der Waals surface area contributed by atoms with Crippen molar-refractivity contribution >= 4 is 39.5 Å². The summed E-state index contributed by atoms with van der Waals surface area (Å²) in [6.45, 7) is 10.3. The second kappa shape index (κ2) is 15.3. The van der Waals surface area contributed by atoms with Gasteiger partial charge in [-0.3, -0.25) is 9.59 Å². The van der Waals surface area contributed by atoms with Gasteiger partial charge in [-0.1, -0.05) is 30.7 Å². The van der Waals surface area contributed by atoms with E-state index in [1.165, 1.54) is 37.3 Å². The number of nitrogens with one attached hydrogen (secondary N) is 2. The Balaban J connectivity index is 0.000000418. The van der Waals surface area contributed by atoms with Gasteiger partial charge in [0.1, 0.15) is 11.4 Å². The van der Waals surface area contributed by atoms with Crippen LogP contribution in [0.5, 0.6) is 5.75 Å². The second-order valence-corrected chi connectivity index (χ2v) is 19.1. The highest BCUT2D eigenvalue weighted by molar-refractivity contribution is 7.90. The number of anilines is 1. The third-order valence-corrected chi connectivity index (χ3v) is 15.4. The summed E-state index contributed by atoms with van der Waals surface area (Å²) in [5, 5.41) is 3.30. The van der Waals surface area contributed by atoms with Crippen molar-refractivity contribution in [2.45, 2.75) is 68.6 Å². The van der Waals surface area contributed by atoms with E-state index in [9.17, 15) is 18.0 Å². The molecular weight excluding hydrogens is 712 g/mol. The summed E-state index contributed by atoms with van der Waals surface area (Å²) in [6, 6.07) is 11.3. The maximum absolute atomic E-state index is 13.4. The molecule has 3 fully saturated rings. The van der Waals surface area contributed by atoms with Crippen LogP contribution in [0.3, 0.4) is 0 Å². The molecule has 2 aromatic carbocycles. The SMILES string of the molecule is CN1C[C@H]2CNC[C@H]2C1.CO[C@]1(C=O)/C=C/C[C@H](C)[C@@H](C)S(=O)(=O)NC(=O)c2ccc3c(c2)N(C[C@@H]2CC[C@H]21)C[C@@]1(CCCc2cc(Cl)ccc21)CO3. The molecule has 6 aliphatic rings. The highest BCUT2D eigenvalue weighted by Gasteiger charge is 2.49. The first-order valence-electron chi connectivity index (χ1n) is 19.3. The maximum Gasteiger partial charge on any atom is 0.264 e. The van der Waals surface area contributed by atoms with E-state index >= 15 is 0 Å². The Kier molecular flexibility index (Phi) is 11.1. The van der Waals surface area contributed by atoms with Gasteiger partial charge in [0, 0.05) is 55.2 Å². The summed E-state index contributed by atoms with van der Waals surface area (Å²) in [5.41, 5.74) is 2.05. The monoisotopic (exact) mass is 766 g/mol. The summed E-state index contributed by atoms with van der Waals surface area (Å²) < 4.78 is 41.3. The smallest absolute Gasteiger partial charge is 0.264 e. The summed E-state index contributed by atoms with van der Waals surface area (Å²) in [4.78, 5) is 30.8. The predicted octanol–water partition coefficient (Wildman–Crippen LogP) is 5.23. The number of hydrogen-bond acceptors (Lipinski definition) is 9. The minimum absolute atomic E-state index is 0.0434. The van der Waals surface area contributed by atoms with Crippen molar-refractivity contribution in [1.29, 1.82) is 0 Å². The third-order valence-electron chi connectivity index (χ3n) is 13.3. The molecule has 2 aliphatic carbocycles. The Morgan fingerprint density at radius 2 is 1.81 bits per heavy atom. The molecule has 8 atom stereocenters. The Morgan fingerprint density at radius 1 is 1.04 bits per heavy atom. The highest BCUT2D eigenvalue weighted by Crippen LogP contribution is 2.48. The van der Waals surface area contributed by atoms with Crippen LogP contribution < -0.4 is 19.7 Å². The standard InChI is InChI=1S/C34H41ClN2O6S.C7H14N2/c1-22-6-4-15-34(20-38,42-3)29-11-8-26(29)18-37-19-33(14-5-7-24-16-27(35)10-12-28(24)33)21-43-31-13-9-25(17-30(31)37)32(39)36-44(40,41)23(22)2;1-9-4-6-2-8-3-7(6)5-9/h4,9-10,12-13,15-17,20,22-23,26,29H,5-8,11,14,18-19,21H2,1-3H3,(H,36,39);6-8H,2-5H2,1H3/b15-4+;/t22-,23+,26-,29+,33-,34-;6-,7+/m0./s1. The number of aldehydes is 1. The second-order valence-electron chi connectivity index (χ2n) is 16.6.